The van der Waals surface area contributed by atoms with Gasteiger partial charge in [-0.2, -0.15) is 4.31 Å². The molecular weight excluding hydrogens is 452 g/mol. The maximum atomic E-state index is 13.0. The highest BCUT2D eigenvalue weighted by molar-refractivity contribution is 7.89. The molecule has 0 bridgehead atoms. The number of nitrogens with zero attached hydrogens (tertiary/aromatic N) is 4. The maximum absolute atomic E-state index is 13.0. The number of aromatic nitrogens is 2. The third-order valence-corrected chi connectivity index (χ3v) is 7.78. The van der Waals surface area contributed by atoms with Crippen LogP contribution in [0.15, 0.2) is 58.4 Å². The van der Waals surface area contributed by atoms with E-state index in [0.29, 0.717) is 34.7 Å². The number of rotatable bonds is 5. The monoisotopic (exact) mass is 474 g/mol. The molecule has 1 aromatic heterocycles. The first-order valence-corrected chi connectivity index (χ1v) is 12.1. The molecule has 1 aliphatic heterocycles. The predicted octanol–water partition coefficient (Wildman–Crippen LogP) is 2.89. The third-order valence-electron chi connectivity index (χ3n) is 5.65. The van der Waals surface area contributed by atoms with Crippen molar-refractivity contribution in [2.75, 3.05) is 25.0 Å². The fraction of sp³-hybridized carbons (Fsp3) is 0.318. The minimum atomic E-state index is -3.62. The molecule has 4 rings (SSSR count). The summed E-state index contributed by atoms with van der Waals surface area (Å²) in [5.74, 6) is -0.339. The number of fused-ring (bicyclic) bond motifs is 1. The van der Waals surface area contributed by atoms with Crippen LogP contribution in [0.4, 0.5) is 5.69 Å². The number of carbonyl (C=O) groups excluding carboxylic acids is 1. The molecule has 1 amide bonds. The van der Waals surface area contributed by atoms with Crippen molar-refractivity contribution in [3.63, 3.8) is 0 Å². The summed E-state index contributed by atoms with van der Waals surface area (Å²) < 4.78 is 28.7. The van der Waals surface area contributed by atoms with E-state index in [1.54, 1.807) is 37.4 Å². The van der Waals surface area contributed by atoms with E-state index in [1.807, 2.05) is 0 Å². The summed E-state index contributed by atoms with van der Waals surface area (Å²) in [5, 5.41) is 0.967. The number of likely N-dealkylation sites (N-methyl/N-ethyl adjacent to an activating group) is 1. The van der Waals surface area contributed by atoms with Crippen LogP contribution in [0.3, 0.4) is 0 Å². The minimum Gasteiger partial charge on any atom is -0.314 e. The van der Waals surface area contributed by atoms with Crippen molar-refractivity contribution >= 4 is 44.1 Å². The van der Waals surface area contributed by atoms with Gasteiger partial charge < -0.3 is 4.90 Å². The Hall–Kier alpha value is -2.75. The normalized spacial score (nSPS) is 15.1. The molecule has 168 valence electrons. The number of sulfonamides is 1. The molecule has 0 unspecified atom stereocenters. The summed E-state index contributed by atoms with van der Waals surface area (Å²) in [6, 6.07) is 11.4. The maximum Gasteiger partial charge on any atom is 0.348 e. The molecular formula is C22H23ClN4O4S. The van der Waals surface area contributed by atoms with Crippen molar-refractivity contribution in [1.29, 1.82) is 0 Å². The SMILES string of the molecule is CN(C(=O)Cn1c(=O)ncc2cc(S(=O)(=O)N3CCCCC3)ccc21)c1cccc(Cl)c1. The largest absolute Gasteiger partial charge is 0.348 e. The van der Waals surface area contributed by atoms with Crippen LogP contribution in [-0.4, -0.2) is 48.3 Å². The minimum absolute atomic E-state index is 0.154. The zero-order valence-electron chi connectivity index (χ0n) is 17.6. The van der Waals surface area contributed by atoms with Gasteiger partial charge >= 0.3 is 5.69 Å². The van der Waals surface area contributed by atoms with Gasteiger partial charge in [0.05, 0.1) is 10.4 Å². The molecule has 0 N–H and O–H groups in total. The number of carbonyl (C=O) groups is 1. The second-order valence-electron chi connectivity index (χ2n) is 7.74. The highest BCUT2D eigenvalue weighted by atomic mass is 35.5. The fourth-order valence-electron chi connectivity index (χ4n) is 3.82. The zero-order chi connectivity index (χ0) is 22.9. The van der Waals surface area contributed by atoms with Gasteiger partial charge in [-0.05, 0) is 49.2 Å². The summed E-state index contributed by atoms with van der Waals surface area (Å²) in [6.07, 6.45) is 4.05. The van der Waals surface area contributed by atoms with E-state index in [0.717, 1.165) is 19.3 Å². The van der Waals surface area contributed by atoms with Crippen molar-refractivity contribution in [1.82, 2.24) is 13.9 Å². The lowest BCUT2D eigenvalue weighted by atomic mass is 10.2. The van der Waals surface area contributed by atoms with Crippen LogP contribution in [0.5, 0.6) is 0 Å². The van der Waals surface area contributed by atoms with Gasteiger partial charge in [-0.1, -0.05) is 24.1 Å². The van der Waals surface area contributed by atoms with Gasteiger partial charge in [-0.15, -0.1) is 0 Å². The van der Waals surface area contributed by atoms with Gasteiger partial charge in [0.1, 0.15) is 6.54 Å². The van der Waals surface area contributed by atoms with E-state index in [1.165, 1.54) is 32.1 Å². The first kappa shape index (κ1) is 22.4. The average Bonchev–Trinajstić information content (AvgIpc) is 2.80. The molecule has 0 atom stereocenters. The lowest BCUT2D eigenvalue weighted by Gasteiger charge is -2.26. The first-order chi connectivity index (χ1) is 15.3. The molecule has 0 saturated carbocycles. The number of piperidine rings is 1. The van der Waals surface area contributed by atoms with Crippen molar-refractivity contribution in [3.8, 4) is 0 Å². The molecule has 0 radical (unpaired) electrons. The summed E-state index contributed by atoms with van der Waals surface area (Å²) in [6.45, 7) is 0.759. The zero-order valence-corrected chi connectivity index (χ0v) is 19.1. The van der Waals surface area contributed by atoms with Crippen LogP contribution in [0, 0.1) is 0 Å². The van der Waals surface area contributed by atoms with Crippen molar-refractivity contribution in [2.24, 2.45) is 0 Å². The van der Waals surface area contributed by atoms with E-state index in [9.17, 15) is 18.0 Å². The Morgan fingerprint density at radius 2 is 1.88 bits per heavy atom. The number of amides is 1. The van der Waals surface area contributed by atoms with Gasteiger partial charge in [0, 0.05) is 42.4 Å². The molecule has 2 aromatic carbocycles. The molecule has 2 heterocycles. The Morgan fingerprint density at radius 1 is 1.12 bits per heavy atom. The van der Waals surface area contributed by atoms with E-state index >= 15 is 0 Å². The van der Waals surface area contributed by atoms with Crippen LogP contribution in [0.1, 0.15) is 19.3 Å². The highest BCUT2D eigenvalue weighted by Gasteiger charge is 2.26. The molecule has 3 aromatic rings. The fourth-order valence-corrected chi connectivity index (χ4v) is 5.55. The van der Waals surface area contributed by atoms with E-state index < -0.39 is 15.7 Å². The summed E-state index contributed by atoms with van der Waals surface area (Å²) in [5.41, 5.74) is 0.450. The Balaban J connectivity index is 1.66. The Labute approximate surface area is 191 Å². The summed E-state index contributed by atoms with van der Waals surface area (Å²) in [4.78, 5) is 30.7. The lowest BCUT2D eigenvalue weighted by molar-refractivity contribution is -0.118. The molecule has 32 heavy (non-hydrogen) atoms. The van der Waals surface area contributed by atoms with Crippen molar-refractivity contribution in [2.45, 2.75) is 30.7 Å². The van der Waals surface area contributed by atoms with Crippen molar-refractivity contribution < 1.29 is 13.2 Å². The quantitative estimate of drug-likeness (QED) is 0.567. The molecule has 1 aliphatic rings. The molecule has 0 aliphatic carbocycles. The molecule has 0 spiro atoms. The van der Waals surface area contributed by atoms with Crippen LogP contribution in [0.2, 0.25) is 5.02 Å². The smallest absolute Gasteiger partial charge is 0.314 e. The van der Waals surface area contributed by atoms with Gasteiger partial charge in [-0.25, -0.2) is 18.2 Å². The van der Waals surface area contributed by atoms with Crippen LogP contribution in [0.25, 0.3) is 10.9 Å². The number of hydrogen-bond donors (Lipinski definition) is 0. The topological polar surface area (TPSA) is 92.6 Å². The Morgan fingerprint density at radius 3 is 2.59 bits per heavy atom. The van der Waals surface area contributed by atoms with Gasteiger partial charge in [0.15, 0.2) is 0 Å². The number of anilines is 1. The van der Waals surface area contributed by atoms with E-state index in [-0.39, 0.29) is 17.3 Å². The van der Waals surface area contributed by atoms with Crippen LogP contribution >= 0.6 is 11.6 Å². The van der Waals surface area contributed by atoms with Gasteiger partial charge in [-0.3, -0.25) is 9.36 Å². The van der Waals surface area contributed by atoms with Crippen molar-refractivity contribution in [3.05, 3.63) is 64.2 Å². The third kappa shape index (κ3) is 4.41. The van der Waals surface area contributed by atoms with E-state index in [4.69, 9.17) is 11.6 Å². The van der Waals surface area contributed by atoms with Gasteiger partial charge in [0.25, 0.3) is 0 Å². The summed E-state index contributed by atoms with van der Waals surface area (Å²) >= 11 is 6.01. The molecule has 1 fully saturated rings. The molecule has 8 nitrogen and oxygen atoms in total. The summed E-state index contributed by atoms with van der Waals surface area (Å²) in [7, 11) is -2.02. The number of benzene rings is 2. The Kier molecular flexibility index (Phi) is 6.32. The average molecular weight is 475 g/mol. The van der Waals surface area contributed by atoms with E-state index in [2.05, 4.69) is 4.98 Å². The number of hydrogen-bond acceptors (Lipinski definition) is 5. The van der Waals surface area contributed by atoms with Crippen LogP contribution < -0.4 is 10.6 Å². The molecule has 10 heteroatoms. The standard InChI is InChI=1S/C22H23ClN4O4S/c1-25(18-7-5-6-17(23)13-18)21(28)15-27-20-9-8-19(12-16(20)14-24-22(27)29)32(30,31)26-10-3-2-4-11-26/h5-9,12-14H,2-4,10-11,15H2,1H3. The Bertz CT molecular complexity index is 1330. The second kappa shape index (κ2) is 9.01. The highest BCUT2D eigenvalue weighted by Crippen LogP contribution is 2.24. The van der Waals surface area contributed by atoms with Crippen LogP contribution in [-0.2, 0) is 21.4 Å². The predicted molar refractivity (Wildman–Crippen MR) is 123 cm³/mol. The van der Waals surface area contributed by atoms with Gasteiger partial charge in [0.2, 0.25) is 15.9 Å². The number of halogens is 1. The second-order valence-corrected chi connectivity index (χ2v) is 10.1. The molecule has 1 saturated heterocycles. The lowest BCUT2D eigenvalue weighted by Crippen LogP contribution is -2.36. The first-order valence-electron chi connectivity index (χ1n) is 10.3.